The Morgan fingerprint density at radius 2 is 2.10 bits per heavy atom. The minimum atomic E-state index is -0.0708. The van der Waals surface area contributed by atoms with Crippen LogP contribution in [0.4, 0.5) is 0 Å². The number of benzene rings is 1. The summed E-state index contributed by atoms with van der Waals surface area (Å²) in [7, 11) is 0. The Balaban J connectivity index is 2.27. The summed E-state index contributed by atoms with van der Waals surface area (Å²) in [6, 6.07) is 8.73. The Hall–Kier alpha value is -0.510. The number of thioether (sulfide) groups is 1. The minimum absolute atomic E-state index is 0.0708. The van der Waals surface area contributed by atoms with Gasteiger partial charge in [0, 0.05) is 11.3 Å². The molecular formula is C17H29NOS. The SMILES string of the molecule is CCNC(CC)(CO)CCCSCc1cccc(C)c1. The van der Waals surface area contributed by atoms with E-state index in [0.29, 0.717) is 0 Å². The van der Waals surface area contributed by atoms with Crippen molar-refractivity contribution in [1.82, 2.24) is 5.32 Å². The van der Waals surface area contributed by atoms with Crippen LogP contribution in [0, 0.1) is 6.92 Å². The smallest absolute Gasteiger partial charge is 0.0613 e. The van der Waals surface area contributed by atoms with Crippen molar-refractivity contribution in [2.45, 2.75) is 51.3 Å². The van der Waals surface area contributed by atoms with E-state index in [-0.39, 0.29) is 12.1 Å². The van der Waals surface area contributed by atoms with Crippen LogP contribution in [0.5, 0.6) is 0 Å². The monoisotopic (exact) mass is 295 g/mol. The first-order valence-electron chi connectivity index (χ1n) is 7.65. The van der Waals surface area contributed by atoms with Crippen molar-refractivity contribution < 1.29 is 5.11 Å². The van der Waals surface area contributed by atoms with E-state index in [4.69, 9.17) is 0 Å². The Bertz CT molecular complexity index is 377. The van der Waals surface area contributed by atoms with Crippen molar-refractivity contribution in [2.75, 3.05) is 18.9 Å². The molecule has 0 heterocycles. The summed E-state index contributed by atoms with van der Waals surface area (Å²) in [5.74, 6) is 2.24. The lowest BCUT2D eigenvalue weighted by atomic mass is 9.91. The molecule has 0 saturated carbocycles. The predicted octanol–water partition coefficient (Wildman–Crippen LogP) is 3.76. The maximum atomic E-state index is 9.60. The van der Waals surface area contributed by atoms with E-state index >= 15 is 0 Å². The van der Waals surface area contributed by atoms with Crippen LogP contribution in [0.15, 0.2) is 24.3 Å². The fraction of sp³-hybridized carbons (Fsp3) is 0.647. The molecule has 20 heavy (non-hydrogen) atoms. The number of likely N-dealkylation sites (N-methyl/N-ethyl adjacent to an activating group) is 1. The van der Waals surface area contributed by atoms with Crippen LogP contribution in [0.25, 0.3) is 0 Å². The zero-order chi connectivity index (χ0) is 14.8. The van der Waals surface area contributed by atoms with E-state index < -0.39 is 0 Å². The Labute approximate surface area is 128 Å². The molecule has 0 radical (unpaired) electrons. The molecule has 0 aliphatic rings. The van der Waals surface area contributed by atoms with Gasteiger partial charge >= 0.3 is 0 Å². The van der Waals surface area contributed by atoms with Crippen LogP contribution in [0.2, 0.25) is 0 Å². The van der Waals surface area contributed by atoms with Gasteiger partial charge in [-0.3, -0.25) is 0 Å². The predicted molar refractivity (Wildman–Crippen MR) is 90.4 cm³/mol. The second-order valence-electron chi connectivity index (χ2n) is 5.47. The summed E-state index contributed by atoms with van der Waals surface area (Å²) in [4.78, 5) is 0. The Morgan fingerprint density at radius 3 is 2.70 bits per heavy atom. The normalized spacial score (nSPS) is 14.2. The third-order valence-corrected chi connectivity index (χ3v) is 4.94. The van der Waals surface area contributed by atoms with Gasteiger partial charge in [-0.2, -0.15) is 11.8 Å². The van der Waals surface area contributed by atoms with Gasteiger partial charge in [-0.1, -0.05) is 43.7 Å². The molecule has 0 bridgehead atoms. The first kappa shape index (κ1) is 17.5. The molecule has 1 aromatic rings. The summed E-state index contributed by atoms with van der Waals surface area (Å²) in [6.45, 7) is 7.55. The van der Waals surface area contributed by atoms with Gasteiger partial charge in [0.1, 0.15) is 0 Å². The molecule has 2 N–H and O–H groups in total. The van der Waals surface area contributed by atoms with Crippen molar-refractivity contribution in [3.05, 3.63) is 35.4 Å². The van der Waals surface area contributed by atoms with Gasteiger partial charge in [0.2, 0.25) is 0 Å². The summed E-state index contributed by atoms with van der Waals surface area (Å²) < 4.78 is 0. The number of hydrogen-bond donors (Lipinski definition) is 2. The molecule has 0 amide bonds. The van der Waals surface area contributed by atoms with Crippen LogP contribution in [-0.2, 0) is 5.75 Å². The third kappa shape index (κ3) is 5.86. The molecule has 3 heteroatoms. The summed E-state index contributed by atoms with van der Waals surface area (Å²) in [5, 5.41) is 13.1. The van der Waals surface area contributed by atoms with Gasteiger partial charge in [0.15, 0.2) is 0 Å². The first-order valence-corrected chi connectivity index (χ1v) is 8.80. The maximum absolute atomic E-state index is 9.60. The van der Waals surface area contributed by atoms with Crippen LogP contribution in [0.3, 0.4) is 0 Å². The second kappa shape index (κ2) is 9.43. The molecule has 0 aromatic heterocycles. The standard InChI is InChI=1S/C17H29NOS/c1-4-17(14-19,18-5-2)10-7-11-20-13-16-9-6-8-15(3)12-16/h6,8-9,12,18-19H,4-5,7,10-11,13-14H2,1-3H3. The number of rotatable bonds is 10. The topological polar surface area (TPSA) is 32.3 Å². The lowest BCUT2D eigenvalue weighted by Gasteiger charge is -2.31. The molecule has 0 fully saturated rings. The molecule has 1 aromatic carbocycles. The highest BCUT2D eigenvalue weighted by Crippen LogP contribution is 2.20. The first-order chi connectivity index (χ1) is 9.65. The van der Waals surface area contributed by atoms with Gasteiger partial charge in [0.05, 0.1) is 6.61 Å². The second-order valence-corrected chi connectivity index (χ2v) is 6.57. The number of aryl methyl sites for hydroxylation is 1. The van der Waals surface area contributed by atoms with E-state index in [1.807, 2.05) is 11.8 Å². The average molecular weight is 295 g/mol. The molecule has 1 atom stereocenters. The Kier molecular flexibility index (Phi) is 8.27. The molecule has 2 nitrogen and oxygen atoms in total. The minimum Gasteiger partial charge on any atom is -0.394 e. The summed E-state index contributed by atoms with van der Waals surface area (Å²) >= 11 is 1.99. The van der Waals surface area contributed by atoms with Crippen LogP contribution < -0.4 is 5.32 Å². The van der Waals surface area contributed by atoms with Gasteiger partial charge in [-0.15, -0.1) is 0 Å². The van der Waals surface area contributed by atoms with Gasteiger partial charge in [-0.05, 0) is 44.0 Å². The Morgan fingerprint density at radius 1 is 1.30 bits per heavy atom. The zero-order valence-corrected chi connectivity index (χ0v) is 13.9. The third-order valence-electron chi connectivity index (χ3n) is 3.83. The molecule has 0 aliphatic heterocycles. The molecule has 1 unspecified atom stereocenters. The molecule has 0 spiro atoms. The average Bonchev–Trinajstić information content (AvgIpc) is 2.46. The molecule has 1 rings (SSSR count). The van der Waals surface area contributed by atoms with Crippen molar-refractivity contribution in [2.24, 2.45) is 0 Å². The lowest BCUT2D eigenvalue weighted by molar-refractivity contribution is 0.148. The summed E-state index contributed by atoms with van der Waals surface area (Å²) in [6.07, 6.45) is 3.19. The van der Waals surface area contributed by atoms with E-state index in [1.54, 1.807) is 0 Å². The highest BCUT2D eigenvalue weighted by atomic mass is 32.2. The largest absolute Gasteiger partial charge is 0.394 e. The van der Waals surface area contributed by atoms with Gasteiger partial charge in [0.25, 0.3) is 0 Å². The van der Waals surface area contributed by atoms with Crippen LogP contribution in [-0.4, -0.2) is 29.5 Å². The highest BCUT2D eigenvalue weighted by molar-refractivity contribution is 7.98. The van der Waals surface area contributed by atoms with Gasteiger partial charge in [-0.25, -0.2) is 0 Å². The number of nitrogens with one attached hydrogen (secondary N) is 1. The van der Waals surface area contributed by atoms with Crippen LogP contribution >= 0.6 is 11.8 Å². The van der Waals surface area contributed by atoms with E-state index in [1.165, 1.54) is 11.1 Å². The van der Waals surface area contributed by atoms with Crippen molar-refractivity contribution in [3.8, 4) is 0 Å². The fourth-order valence-electron chi connectivity index (χ4n) is 2.52. The number of aliphatic hydroxyl groups is 1. The number of hydrogen-bond acceptors (Lipinski definition) is 3. The fourth-order valence-corrected chi connectivity index (χ4v) is 3.42. The van der Waals surface area contributed by atoms with Crippen LogP contribution in [0.1, 0.15) is 44.2 Å². The van der Waals surface area contributed by atoms with E-state index in [0.717, 1.165) is 37.3 Å². The quantitative estimate of drug-likeness (QED) is 0.645. The van der Waals surface area contributed by atoms with E-state index in [9.17, 15) is 5.11 Å². The summed E-state index contributed by atoms with van der Waals surface area (Å²) in [5.41, 5.74) is 2.67. The maximum Gasteiger partial charge on any atom is 0.0613 e. The zero-order valence-electron chi connectivity index (χ0n) is 13.1. The van der Waals surface area contributed by atoms with E-state index in [2.05, 4.69) is 50.4 Å². The molecular weight excluding hydrogens is 266 g/mol. The van der Waals surface area contributed by atoms with Crippen molar-refractivity contribution in [1.29, 1.82) is 0 Å². The van der Waals surface area contributed by atoms with Gasteiger partial charge < -0.3 is 10.4 Å². The van der Waals surface area contributed by atoms with Crippen molar-refractivity contribution in [3.63, 3.8) is 0 Å². The molecule has 0 saturated heterocycles. The van der Waals surface area contributed by atoms with Crippen molar-refractivity contribution >= 4 is 11.8 Å². The molecule has 0 aliphatic carbocycles. The highest BCUT2D eigenvalue weighted by Gasteiger charge is 2.24. The molecule has 114 valence electrons. The number of aliphatic hydroxyl groups excluding tert-OH is 1. The lowest BCUT2D eigenvalue weighted by Crippen LogP contribution is -2.48.